The van der Waals surface area contributed by atoms with Gasteiger partial charge < -0.3 is 18.0 Å². The van der Waals surface area contributed by atoms with Crippen LogP contribution in [0.15, 0.2) is 80.2 Å². The standard InChI is InChI=1S/C22H20N6O2S2/c1-27-19(17-8-4-10-29-17)23-25-21(27)31-13-15-6-3-7-16(12-15)14-32-22-26-24-20(28(22)2)18-9-5-11-30-18/h3-12H,13-14H2,1-2H3. The Kier molecular flexibility index (Phi) is 5.87. The SMILES string of the molecule is Cn1c(SCc2cccc(CSc3nnc(-c4ccco4)n3C)c2)nnc1-c1ccco1. The number of thioether (sulfide) groups is 2. The zero-order chi connectivity index (χ0) is 21.9. The molecule has 0 spiro atoms. The van der Waals surface area contributed by atoms with Crippen LogP contribution in [0.5, 0.6) is 0 Å². The van der Waals surface area contributed by atoms with Gasteiger partial charge in [0, 0.05) is 25.6 Å². The summed E-state index contributed by atoms with van der Waals surface area (Å²) >= 11 is 3.30. The van der Waals surface area contributed by atoms with Crippen LogP contribution in [0.1, 0.15) is 11.1 Å². The van der Waals surface area contributed by atoms with Crippen LogP contribution in [-0.2, 0) is 25.6 Å². The topological polar surface area (TPSA) is 87.7 Å². The Morgan fingerprint density at radius 3 is 1.62 bits per heavy atom. The van der Waals surface area contributed by atoms with Crippen molar-refractivity contribution in [2.75, 3.05) is 0 Å². The second-order valence-electron chi connectivity index (χ2n) is 7.08. The van der Waals surface area contributed by atoms with Crippen molar-refractivity contribution < 1.29 is 8.83 Å². The number of rotatable bonds is 8. The molecule has 0 atom stereocenters. The lowest BCUT2D eigenvalue weighted by molar-refractivity contribution is 0.572. The van der Waals surface area contributed by atoms with Crippen molar-refractivity contribution in [3.8, 4) is 23.2 Å². The first-order valence-electron chi connectivity index (χ1n) is 9.89. The summed E-state index contributed by atoms with van der Waals surface area (Å²) in [7, 11) is 3.90. The van der Waals surface area contributed by atoms with Gasteiger partial charge in [-0.15, -0.1) is 20.4 Å². The van der Waals surface area contributed by atoms with Gasteiger partial charge in [0.25, 0.3) is 0 Å². The molecule has 4 heterocycles. The lowest BCUT2D eigenvalue weighted by Crippen LogP contribution is -1.95. The van der Waals surface area contributed by atoms with E-state index in [2.05, 4.69) is 44.7 Å². The molecule has 0 aliphatic heterocycles. The molecule has 0 amide bonds. The molecule has 0 N–H and O–H groups in total. The molecular formula is C22H20N6O2S2. The van der Waals surface area contributed by atoms with Crippen LogP contribution in [0.4, 0.5) is 0 Å². The molecule has 0 bridgehead atoms. The molecule has 0 aliphatic rings. The van der Waals surface area contributed by atoms with Crippen molar-refractivity contribution in [3.05, 3.63) is 72.2 Å². The van der Waals surface area contributed by atoms with Crippen molar-refractivity contribution >= 4 is 23.5 Å². The third kappa shape index (κ3) is 4.23. The lowest BCUT2D eigenvalue weighted by atomic mass is 10.2. The average Bonchev–Trinajstić information content (AvgIpc) is 3.60. The fraction of sp³-hybridized carbons (Fsp3) is 0.182. The van der Waals surface area contributed by atoms with Gasteiger partial charge in [0.15, 0.2) is 33.5 Å². The number of furan rings is 2. The van der Waals surface area contributed by atoms with Crippen molar-refractivity contribution in [1.29, 1.82) is 0 Å². The Balaban J connectivity index is 1.22. The van der Waals surface area contributed by atoms with Gasteiger partial charge in [-0.1, -0.05) is 47.8 Å². The highest BCUT2D eigenvalue weighted by atomic mass is 32.2. The number of nitrogens with zero attached hydrogens (tertiary/aromatic N) is 6. The fourth-order valence-electron chi connectivity index (χ4n) is 3.23. The Morgan fingerprint density at radius 1 is 0.688 bits per heavy atom. The van der Waals surface area contributed by atoms with Crippen molar-refractivity contribution in [3.63, 3.8) is 0 Å². The van der Waals surface area contributed by atoms with E-state index in [1.807, 2.05) is 47.5 Å². The third-order valence-electron chi connectivity index (χ3n) is 4.88. The van der Waals surface area contributed by atoms with E-state index in [0.717, 1.165) is 33.5 Å². The van der Waals surface area contributed by atoms with Gasteiger partial charge in [0.05, 0.1) is 12.5 Å². The largest absolute Gasteiger partial charge is 0.461 e. The molecule has 4 aromatic heterocycles. The minimum Gasteiger partial charge on any atom is -0.461 e. The van der Waals surface area contributed by atoms with E-state index in [0.29, 0.717) is 11.5 Å². The first-order valence-corrected chi connectivity index (χ1v) is 11.9. The molecule has 0 radical (unpaired) electrons. The van der Waals surface area contributed by atoms with Gasteiger partial charge in [-0.2, -0.15) is 0 Å². The van der Waals surface area contributed by atoms with Crippen LogP contribution in [-0.4, -0.2) is 29.5 Å². The van der Waals surface area contributed by atoms with Crippen molar-refractivity contribution in [1.82, 2.24) is 29.5 Å². The van der Waals surface area contributed by atoms with Crippen LogP contribution in [0.3, 0.4) is 0 Å². The summed E-state index contributed by atoms with van der Waals surface area (Å²) in [6.07, 6.45) is 3.28. The minimum absolute atomic E-state index is 0.713. The molecule has 10 heteroatoms. The molecule has 5 rings (SSSR count). The minimum atomic E-state index is 0.713. The predicted molar refractivity (Wildman–Crippen MR) is 123 cm³/mol. The summed E-state index contributed by atoms with van der Waals surface area (Å²) < 4.78 is 14.8. The summed E-state index contributed by atoms with van der Waals surface area (Å²) in [5, 5.41) is 18.8. The van der Waals surface area contributed by atoms with E-state index in [1.54, 1.807) is 36.1 Å². The van der Waals surface area contributed by atoms with E-state index >= 15 is 0 Å². The maximum atomic E-state index is 5.44. The van der Waals surface area contributed by atoms with Gasteiger partial charge >= 0.3 is 0 Å². The van der Waals surface area contributed by atoms with E-state index in [9.17, 15) is 0 Å². The molecule has 1 aromatic carbocycles. The predicted octanol–water partition coefficient (Wildman–Crippen LogP) is 5.05. The highest BCUT2D eigenvalue weighted by Gasteiger charge is 2.15. The molecule has 32 heavy (non-hydrogen) atoms. The summed E-state index contributed by atoms with van der Waals surface area (Å²) in [4.78, 5) is 0. The molecule has 0 aliphatic carbocycles. The number of hydrogen-bond donors (Lipinski definition) is 0. The van der Waals surface area contributed by atoms with Crippen LogP contribution < -0.4 is 0 Å². The Labute approximate surface area is 193 Å². The summed E-state index contributed by atoms with van der Waals surface area (Å²) in [5.74, 6) is 4.47. The maximum Gasteiger partial charge on any atom is 0.200 e. The zero-order valence-electron chi connectivity index (χ0n) is 17.5. The monoisotopic (exact) mass is 464 g/mol. The number of benzene rings is 1. The zero-order valence-corrected chi connectivity index (χ0v) is 19.1. The van der Waals surface area contributed by atoms with Crippen LogP contribution >= 0.6 is 23.5 Å². The van der Waals surface area contributed by atoms with Gasteiger partial charge in [0.2, 0.25) is 0 Å². The normalized spacial score (nSPS) is 11.3. The van der Waals surface area contributed by atoms with Gasteiger partial charge in [-0.25, -0.2) is 0 Å². The molecule has 162 valence electrons. The number of aromatic nitrogens is 6. The van der Waals surface area contributed by atoms with Gasteiger partial charge in [0.1, 0.15) is 0 Å². The highest BCUT2D eigenvalue weighted by molar-refractivity contribution is 7.98. The second-order valence-corrected chi connectivity index (χ2v) is 8.97. The molecule has 5 aromatic rings. The molecular weight excluding hydrogens is 444 g/mol. The van der Waals surface area contributed by atoms with Crippen LogP contribution in [0.25, 0.3) is 23.2 Å². The maximum absolute atomic E-state index is 5.44. The summed E-state index contributed by atoms with van der Waals surface area (Å²) in [6, 6.07) is 16.0. The Hall–Kier alpha value is -3.24. The van der Waals surface area contributed by atoms with Gasteiger partial charge in [-0.3, -0.25) is 0 Å². The van der Waals surface area contributed by atoms with Gasteiger partial charge in [-0.05, 0) is 35.4 Å². The molecule has 0 unspecified atom stereocenters. The highest BCUT2D eigenvalue weighted by Crippen LogP contribution is 2.28. The number of hydrogen-bond acceptors (Lipinski definition) is 8. The van der Waals surface area contributed by atoms with Crippen LogP contribution in [0, 0.1) is 0 Å². The molecule has 0 saturated heterocycles. The summed E-state index contributed by atoms with van der Waals surface area (Å²) in [5.41, 5.74) is 2.45. The van der Waals surface area contributed by atoms with Crippen molar-refractivity contribution in [2.24, 2.45) is 14.1 Å². The van der Waals surface area contributed by atoms with E-state index in [1.165, 1.54) is 11.1 Å². The lowest BCUT2D eigenvalue weighted by Gasteiger charge is -2.06. The Morgan fingerprint density at radius 2 is 1.19 bits per heavy atom. The van der Waals surface area contributed by atoms with Crippen LogP contribution in [0.2, 0.25) is 0 Å². The Bertz CT molecular complexity index is 1210. The van der Waals surface area contributed by atoms with Crippen molar-refractivity contribution in [2.45, 2.75) is 21.8 Å². The first kappa shape index (κ1) is 20.7. The third-order valence-corrected chi connectivity index (χ3v) is 7.06. The van der Waals surface area contributed by atoms with E-state index < -0.39 is 0 Å². The van der Waals surface area contributed by atoms with E-state index in [4.69, 9.17) is 8.83 Å². The smallest absolute Gasteiger partial charge is 0.200 e. The molecule has 0 fully saturated rings. The fourth-order valence-corrected chi connectivity index (χ4v) is 4.93. The van der Waals surface area contributed by atoms with E-state index in [-0.39, 0.29) is 0 Å². The quantitative estimate of drug-likeness (QED) is 0.295. The second kappa shape index (κ2) is 9.09. The first-order chi connectivity index (χ1) is 15.7. The molecule has 0 saturated carbocycles. The average molecular weight is 465 g/mol. The summed E-state index contributed by atoms with van der Waals surface area (Å²) in [6.45, 7) is 0. The molecule has 8 nitrogen and oxygen atoms in total.